The number of furan rings is 1. The molecule has 29 heavy (non-hydrogen) atoms. The van der Waals surface area contributed by atoms with Gasteiger partial charge in [0.15, 0.2) is 17.1 Å². The number of phenols is 1. The van der Waals surface area contributed by atoms with Crippen LogP contribution >= 0.6 is 0 Å². The summed E-state index contributed by atoms with van der Waals surface area (Å²) in [6.07, 6.45) is 22.0. The van der Waals surface area contributed by atoms with Gasteiger partial charge in [-0.3, -0.25) is 4.79 Å². The maximum Gasteiger partial charge on any atom is 2.00 e. The third-order valence-corrected chi connectivity index (χ3v) is 4.12. The van der Waals surface area contributed by atoms with Crippen LogP contribution in [0.25, 0.3) is 11.0 Å². The molecule has 2 fully saturated rings. The van der Waals surface area contributed by atoms with Gasteiger partial charge in [0.25, 0.3) is 0 Å². The average Bonchev–Trinajstić information content (AvgIpc) is 3.48. The summed E-state index contributed by atoms with van der Waals surface area (Å²) in [7, 11) is 2.84. The SMILES string of the molecule is COc1c(C(=O)/C=C/[C]2[CH][CH][CH][CH]2)c(O)c(OC)c2occc12.[CH]1[CH][CH][CH][CH]1.[Fe+2]. The summed E-state index contributed by atoms with van der Waals surface area (Å²) in [5.41, 5.74) is 0.375. The fourth-order valence-corrected chi connectivity index (χ4v) is 2.83. The van der Waals surface area contributed by atoms with Crippen molar-refractivity contribution >= 4 is 16.8 Å². The number of methoxy groups -OCH3 is 2. The van der Waals surface area contributed by atoms with Gasteiger partial charge in [0.1, 0.15) is 11.3 Å². The summed E-state index contributed by atoms with van der Waals surface area (Å²) in [4.78, 5) is 12.6. The molecule has 0 bridgehead atoms. The summed E-state index contributed by atoms with van der Waals surface area (Å²) < 4.78 is 15.8. The van der Waals surface area contributed by atoms with E-state index in [1.807, 2.05) is 57.8 Å². The summed E-state index contributed by atoms with van der Waals surface area (Å²) in [5.74, 6) is 0.569. The normalized spacial score (nSPS) is 16.5. The maximum absolute atomic E-state index is 12.6. The van der Waals surface area contributed by atoms with Gasteiger partial charge in [-0.1, -0.05) is 6.08 Å². The van der Waals surface area contributed by atoms with Crippen LogP contribution in [0.5, 0.6) is 17.2 Å². The number of allylic oxidation sites excluding steroid dienone is 2. The summed E-state index contributed by atoms with van der Waals surface area (Å²) >= 11 is 0. The van der Waals surface area contributed by atoms with Crippen LogP contribution in [0.2, 0.25) is 0 Å². The molecule has 0 amide bonds. The Balaban J connectivity index is 0.000000437. The molecule has 0 spiro atoms. The van der Waals surface area contributed by atoms with Crippen LogP contribution in [0.15, 0.2) is 28.9 Å². The zero-order valence-corrected chi connectivity index (χ0v) is 17.0. The summed E-state index contributed by atoms with van der Waals surface area (Å²) in [5, 5.41) is 11.0. The number of fused-ring (bicyclic) bond motifs is 1. The van der Waals surface area contributed by atoms with Crippen molar-refractivity contribution in [3.05, 3.63) is 93.8 Å². The van der Waals surface area contributed by atoms with E-state index in [2.05, 4.69) is 0 Å². The number of benzene rings is 1. The number of ether oxygens (including phenoxy) is 2. The van der Waals surface area contributed by atoms with Gasteiger partial charge in [-0.2, -0.15) is 0 Å². The van der Waals surface area contributed by atoms with Crippen molar-refractivity contribution in [2.75, 3.05) is 14.2 Å². The first-order valence-corrected chi connectivity index (χ1v) is 8.62. The largest absolute Gasteiger partial charge is 2.00 e. The van der Waals surface area contributed by atoms with Crippen molar-refractivity contribution in [1.29, 1.82) is 0 Å². The van der Waals surface area contributed by atoms with Gasteiger partial charge in [-0.05, 0) is 69.9 Å². The summed E-state index contributed by atoms with van der Waals surface area (Å²) in [6.45, 7) is 0. The topological polar surface area (TPSA) is 68.9 Å². The second-order valence-corrected chi connectivity index (χ2v) is 5.83. The van der Waals surface area contributed by atoms with Crippen LogP contribution in [0.1, 0.15) is 10.4 Å². The molecule has 1 N–H and O–H groups in total. The molecule has 0 aliphatic heterocycles. The van der Waals surface area contributed by atoms with Crippen molar-refractivity contribution < 1.29 is 40.9 Å². The molecule has 0 unspecified atom stereocenters. The van der Waals surface area contributed by atoms with E-state index in [-0.39, 0.29) is 45.7 Å². The van der Waals surface area contributed by atoms with Crippen molar-refractivity contribution in [2.45, 2.75) is 0 Å². The Kier molecular flexibility index (Phi) is 9.12. The van der Waals surface area contributed by atoms with Crippen LogP contribution in [-0.4, -0.2) is 25.1 Å². The Morgan fingerprint density at radius 1 is 0.966 bits per heavy atom. The maximum atomic E-state index is 12.6. The number of carbonyl (C=O) groups excluding carboxylic acids is 1. The summed E-state index contributed by atoms with van der Waals surface area (Å²) in [6, 6.07) is 1.66. The second kappa shape index (κ2) is 11.3. The number of rotatable bonds is 5. The van der Waals surface area contributed by atoms with Gasteiger partial charge >= 0.3 is 17.1 Å². The second-order valence-electron chi connectivity index (χ2n) is 5.83. The molecule has 2 aliphatic rings. The Morgan fingerprint density at radius 3 is 2.10 bits per heavy atom. The standard InChI is InChI=1S/C18H15O5.C5H5.Fe/c1-21-16-12-9-10-23-17(12)18(22-2)15(20)14(16)13(19)8-7-11-5-3-4-6-11;1-2-4-5-3-1;/h3-10,20H,1-2H3;1-5H;/q;;+2/b8-7+;;. The van der Waals surface area contributed by atoms with E-state index in [4.69, 9.17) is 13.9 Å². The van der Waals surface area contributed by atoms with Crippen molar-refractivity contribution in [3.63, 3.8) is 0 Å². The number of ketones is 1. The first-order chi connectivity index (χ1) is 13.7. The molecule has 1 aromatic heterocycles. The first-order valence-electron chi connectivity index (χ1n) is 8.62. The number of hydrogen-bond acceptors (Lipinski definition) is 5. The molecule has 0 atom stereocenters. The van der Waals surface area contributed by atoms with Gasteiger partial charge in [0.05, 0.1) is 25.9 Å². The van der Waals surface area contributed by atoms with E-state index in [1.54, 1.807) is 12.1 Å². The number of hydrogen-bond donors (Lipinski definition) is 1. The number of carbonyl (C=O) groups is 1. The first kappa shape index (κ1) is 23.4. The van der Waals surface area contributed by atoms with Gasteiger partial charge < -0.3 is 19.0 Å². The minimum atomic E-state index is -0.387. The van der Waals surface area contributed by atoms with Crippen LogP contribution in [-0.2, 0) is 17.1 Å². The van der Waals surface area contributed by atoms with E-state index in [0.717, 1.165) is 5.92 Å². The molecule has 2 saturated carbocycles. The number of phenolic OH excluding ortho intramolecular Hbond substituents is 1. The molecule has 4 rings (SSSR count). The molecule has 1 aromatic carbocycles. The van der Waals surface area contributed by atoms with Crippen LogP contribution in [0, 0.1) is 63.7 Å². The van der Waals surface area contributed by atoms with E-state index in [1.165, 1.54) is 26.6 Å². The Morgan fingerprint density at radius 2 is 1.55 bits per heavy atom. The predicted octanol–water partition coefficient (Wildman–Crippen LogP) is 4.32. The molecule has 2 aromatic rings. The van der Waals surface area contributed by atoms with E-state index < -0.39 is 0 Å². The smallest absolute Gasteiger partial charge is 0.504 e. The minimum Gasteiger partial charge on any atom is -0.504 e. The molecule has 0 saturated heterocycles. The van der Waals surface area contributed by atoms with Crippen LogP contribution in [0.4, 0.5) is 0 Å². The fraction of sp³-hybridized carbons (Fsp3) is 0.0870. The van der Waals surface area contributed by atoms with Crippen molar-refractivity contribution in [3.8, 4) is 17.2 Å². The fourth-order valence-electron chi connectivity index (χ4n) is 2.83. The molecule has 5 nitrogen and oxygen atoms in total. The molecular weight excluding hydrogens is 412 g/mol. The Bertz CT molecular complexity index is 822. The monoisotopic (exact) mass is 432 g/mol. The molecule has 1 heterocycles. The van der Waals surface area contributed by atoms with Gasteiger partial charge in [0, 0.05) is 5.92 Å². The molecular formula is C23H20FeO5+2. The van der Waals surface area contributed by atoms with Gasteiger partial charge in [0.2, 0.25) is 5.75 Å². The predicted molar refractivity (Wildman–Crippen MR) is 106 cm³/mol. The van der Waals surface area contributed by atoms with Crippen LogP contribution < -0.4 is 9.47 Å². The molecule has 2 aliphatic carbocycles. The third kappa shape index (κ3) is 5.37. The number of aromatic hydroxyl groups is 1. The molecule has 148 valence electrons. The zero-order valence-electron chi connectivity index (χ0n) is 15.9. The van der Waals surface area contributed by atoms with E-state index >= 15 is 0 Å². The van der Waals surface area contributed by atoms with Gasteiger partial charge in [-0.25, -0.2) is 0 Å². The van der Waals surface area contributed by atoms with Crippen molar-refractivity contribution in [2.24, 2.45) is 0 Å². The average molecular weight is 432 g/mol. The van der Waals surface area contributed by atoms with Crippen LogP contribution in [0.3, 0.4) is 0 Å². The molecule has 6 heteroatoms. The van der Waals surface area contributed by atoms with Crippen molar-refractivity contribution in [1.82, 2.24) is 0 Å². The Labute approximate surface area is 182 Å². The Hall–Kier alpha value is -1.91. The van der Waals surface area contributed by atoms with E-state index in [0.29, 0.717) is 11.0 Å². The van der Waals surface area contributed by atoms with Gasteiger partial charge in [-0.15, -0.1) is 0 Å². The van der Waals surface area contributed by atoms with E-state index in [9.17, 15) is 9.90 Å². The molecule has 10 radical (unpaired) electrons. The third-order valence-electron chi connectivity index (χ3n) is 4.12. The minimum absolute atomic E-state index is 0. The zero-order chi connectivity index (χ0) is 19.9. The quantitative estimate of drug-likeness (QED) is 0.433.